The molecule has 5 heteroatoms. The molecule has 0 aromatic heterocycles. The number of carboxylic acids is 1. The lowest BCUT2D eigenvalue weighted by Gasteiger charge is -2.22. The lowest BCUT2D eigenvalue weighted by atomic mass is 9.95. The van der Waals surface area contributed by atoms with Crippen LogP contribution in [-0.2, 0) is 20.7 Å². The molecule has 0 radical (unpaired) electrons. The Morgan fingerprint density at radius 2 is 1.84 bits per heavy atom. The minimum atomic E-state index is -1.01. The van der Waals surface area contributed by atoms with Crippen LogP contribution in [0.1, 0.15) is 24.8 Å². The summed E-state index contributed by atoms with van der Waals surface area (Å²) >= 11 is 0. The van der Waals surface area contributed by atoms with Gasteiger partial charge >= 0.3 is 5.97 Å². The molecule has 2 N–H and O–H groups in total. The van der Waals surface area contributed by atoms with E-state index in [1.165, 1.54) is 0 Å². The van der Waals surface area contributed by atoms with Crippen LogP contribution in [0, 0.1) is 5.92 Å². The van der Waals surface area contributed by atoms with Gasteiger partial charge in [0.2, 0.25) is 5.91 Å². The highest BCUT2D eigenvalue weighted by Crippen LogP contribution is 2.21. The average Bonchev–Trinajstić information content (AvgIpc) is 2.62. The van der Waals surface area contributed by atoms with Gasteiger partial charge < -0.3 is 15.2 Å². The van der Waals surface area contributed by atoms with Gasteiger partial charge in [0.15, 0.2) is 0 Å². The number of carbonyl (C=O) groups is 2. The Bertz CT molecular complexity index is 747. The maximum atomic E-state index is 12.3. The van der Waals surface area contributed by atoms with Crippen molar-refractivity contribution in [2.45, 2.75) is 31.7 Å². The minimum absolute atomic E-state index is 0.195. The number of carbonyl (C=O) groups excluding carboxylic acids is 1. The fraction of sp³-hybridized carbons (Fsp3) is 0.400. The van der Waals surface area contributed by atoms with E-state index in [1.54, 1.807) is 0 Å². The highest BCUT2D eigenvalue weighted by atomic mass is 16.5. The lowest BCUT2D eigenvalue weighted by Crippen LogP contribution is -2.43. The number of nitrogens with one attached hydrogen (secondary N) is 1. The highest BCUT2D eigenvalue weighted by Gasteiger charge is 2.24. The number of carboxylic acid groups (broad SMARTS) is 1. The normalized spacial score (nSPS) is 16.5. The molecule has 132 valence electrons. The summed E-state index contributed by atoms with van der Waals surface area (Å²) in [7, 11) is 0. The monoisotopic (exact) mass is 341 g/mol. The zero-order valence-corrected chi connectivity index (χ0v) is 14.1. The Morgan fingerprint density at radius 1 is 1.12 bits per heavy atom. The Balaban J connectivity index is 1.68. The third-order valence-electron chi connectivity index (χ3n) is 4.75. The van der Waals surface area contributed by atoms with Crippen molar-refractivity contribution in [3.8, 4) is 0 Å². The molecule has 5 nitrogen and oxygen atoms in total. The first-order valence-electron chi connectivity index (χ1n) is 8.70. The molecular weight excluding hydrogens is 318 g/mol. The molecule has 0 spiro atoms. The van der Waals surface area contributed by atoms with Crippen LogP contribution in [0.2, 0.25) is 0 Å². The second kappa shape index (κ2) is 8.12. The van der Waals surface area contributed by atoms with Crippen LogP contribution < -0.4 is 5.32 Å². The Kier molecular flexibility index (Phi) is 5.66. The van der Waals surface area contributed by atoms with Crippen molar-refractivity contribution in [3.63, 3.8) is 0 Å². The predicted octanol–water partition coefficient (Wildman–Crippen LogP) is 2.77. The van der Waals surface area contributed by atoms with Gasteiger partial charge in [-0.1, -0.05) is 42.5 Å². The second-order valence-corrected chi connectivity index (χ2v) is 6.56. The average molecular weight is 341 g/mol. The molecule has 25 heavy (non-hydrogen) atoms. The van der Waals surface area contributed by atoms with Crippen LogP contribution in [0.25, 0.3) is 10.8 Å². The van der Waals surface area contributed by atoms with Gasteiger partial charge in [0.1, 0.15) is 6.04 Å². The van der Waals surface area contributed by atoms with Gasteiger partial charge in [-0.15, -0.1) is 0 Å². The van der Waals surface area contributed by atoms with Gasteiger partial charge in [-0.25, -0.2) is 4.79 Å². The summed E-state index contributed by atoms with van der Waals surface area (Å²) in [4.78, 5) is 23.9. The van der Waals surface area contributed by atoms with Crippen molar-refractivity contribution in [2.24, 2.45) is 5.92 Å². The molecule has 1 fully saturated rings. The van der Waals surface area contributed by atoms with E-state index < -0.39 is 12.0 Å². The fourth-order valence-electron chi connectivity index (χ4n) is 3.36. The number of hydrogen-bond donors (Lipinski definition) is 2. The molecule has 0 saturated carbocycles. The van der Waals surface area contributed by atoms with Gasteiger partial charge in [-0.05, 0) is 35.1 Å². The third kappa shape index (κ3) is 4.57. The zero-order chi connectivity index (χ0) is 17.6. The van der Waals surface area contributed by atoms with Gasteiger partial charge in [0, 0.05) is 26.1 Å². The van der Waals surface area contributed by atoms with Crippen molar-refractivity contribution in [1.82, 2.24) is 5.32 Å². The molecular formula is C20H23NO4. The van der Waals surface area contributed by atoms with Gasteiger partial charge in [0.05, 0.1) is 0 Å². The standard InChI is InChI=1S/C20H23NO4/c22-19(12-14-8-10-25-11-9-14)21-18(20(23)24)13-16-6-3-5-15-4-1-2-7-17(15)16/h1-7,14,18H,8-13H2,(H,21,22)(H,23,24)/t18-/m0/s1. The molecule has 3 rings (SSSR count). The highest BCUT2D eigenvalue weighted by molar-refractivity contribution is 5.88. The quantitative estimate of drug-likeness (QED) is 0.847. The molecule has 2 aromatic carbocycles. The number of ether oxygens (including phenoxy) is 1. The van der Waals surface area contributed by atoms with Gasteiger partial charge in [-0.2, -0.15) is 0 Å². The summed E-state index contributed by atoms with van der Waals surface area (Å²) in [6.45, 7) is 1.35. The first kappa shape index (κ1) is 17.4. The molecule has 2 aromatic rings. The smallest absolute Gasteiger partial charge is 0.326 e. The Hall–Kier alpha value is -2.40. The summed E-state index contributed by atoms with van der Waals surface area (Å²) < 4.78 is 5.29. The first-order chi connectivity index (χ1) is 12.1. The molecule has 1 heterocycles. The van der Waals surface area contributed by atoms with Crippen LogP contribution in [0.4, 0.5) is 0 Å². The molecule has 1 saturated heterocycles. The fourth-order valence-corrected chi connectivity index (χ4v) is 3.36. The zero-order valence-electron chi connectivity index (χ0n) is 14.1. The minimum Gasteiger partial charge on any atom is -0.480 e. The summed E-state index contributed by atoms with van der Waals surface area (Å²) in [6.07, 6.45) is 2.35. The van der Waals surface area contributed by atoms with Crippen molar-refractivity contribution in [1.29, 1.82) is 0 Å². The van der Waals surface area contributed by atoms with Crippen molar-refractivity contribution < 1.29 is 19.4 Å². The molecule has 1 aliphatic heterocycles. The Morgan fingerprint density at radius 3 is 2.60 bits per heavy atom. The maximum Gasteiger partial charge on any atom is 0.326 e. The summed E-state index contributed by atoms with van der Waals surface area (Å²) in [5.74, 6) is -0.923. The second-order valence-electron chi connectivity index (χ2n) is 6.56. The van der Waals surface area contributed by atoms with Crippen molar-refractivity contribution in [3.05, 3.63) is 48.0 Å². The van der Waals surface area contributed by atoms with Crippen LogP contribution >= 0.6 is 0 Å². The van der Waals surface area contributed by atoms with E-state index in [0.717, 1.165) is 29.2 Å². The molecule has 1 amide bonds. The number of hydrogen-bond acceptors (Lipinski definition) is 3. The maximum absolute atomic E-state index is 12.3. The van der Waals surface area contributed by atoms with E-state index in [1.807, 2.05) is 42.5 Å². The number of rotatable bonds is 6. The van der Waals surface area contributed by atoms with E-state index in [2.05, 4.69) is 5.32 Å². The van der Waals surface area contributed by atoms with Crippen LogP contribution in [0.3, 0.4) is 0 Å². The van der Waals surface area contributed by atoms with Crippen molar-refractivity contribution >= 4 is 22.6 Å². The SMILES string of the molecule is O=C(CC1CCOCC1)N[C@@H](Cc1cccc2ccccc12)C(=O)O. The van der Waals surface area contributed by atoms with Crippen LogP contribution in [0.5, 0.6) is 0 Å². The van der Waals surface area contributed by atoms with E-state index in [-0.39, 0.29) is 18.2 Å². The largest absolute Gasteiger partial charge is 0.480 e. The topological polar surface area (TPSA) is 75.6 Å². The van der Waals surface area contributed by atoms with Gasteiger partial charge in [-0.3, -0.25) is 4.79 Å². The molecule has 0 aliphatic carbocycles. The van der Waals surface area contributed by atoms with Gasteiger partial charge in [0.25, 0.3) is 0 Å². The van der Waals surface area contributed by atoms with Crippen molar-refractivity contribution in [2.75, 3.05) is 13.2 Å². The number of benzene rings is 2. The van der Waals surface area contributed by atoms with Crippen LogP contribution in [0.15, 0.2) is 42.5 Å². The van der Waals surface area contributed by atoms with E-state index >= 15 is 0 Å². The molecule has 0 unspecified atom stereocenters. The number of fused-ring (bicyclic) bond motifs is 1. The predicted molar refractivity (Wildman–Crippen MR) is 95.4 cm³/mol. The lowest BCUT2D eigenvalue weighted by molar-refractivity contribution is -0.142. The van der Waals surface area contributed by atoms with E-state index in [4.69, 9.17) is 4.74 Å². The number of amides is 1. The summed E-state index contributed by atoms with van der Waals surface area (Å²) in [6, 6.07) is 12.8. The Labute approximate surface area is 147 Å². The van der Waals surface area contributed by atoms with E-state index in [0.29, 0.717) is 19.6 Å². The third-order valence-corrected chi connectivity index (χ3v) is 4.75. The van der Waals surface area contributed by atoms with E-state index in [9.17, 15) is 14.7 Å². The summed E-state index contributed by atoms with van der Waals surface area (Å²) in [5, 5.41) is 14.3. The number of aliphatic carboxylic acids is 1. The molecule has 1 aliphatic rings. The molecule has 0 bridgehead atoms. The first-order valence-corrected chi connectivity index (χ1v) is 8.70. The summed E-state index contributed by atoms with van der Waals surface area (Å²) in [5.41, 5.74) is 0.928. The molecule has 1 atom stereocenters. The van der Waals surface area contributed by atoms with Crippen LogP contribution in [-0.4, -0.2) is 36.2 Å².